The topological polar surface area (TPSA) is 90.3 Å². The normalized spacial score (nSPS) is 27.2. The van der Waals surface area contributed by atoms with Crippen LogP contribution in [0.1, 0.15) is 38.3 Å². The van der Waals surface area contributed by atoms with Gasteiger partial charge >= 0.3 is 0 Å². The molecule has 0 aromatic carbocycles. The molecule has 1 aliphatic carbocycles. The van der Waals surface area contributed by atoms with Crippen molar-refractivity contribution in [1.29, 1.82) is 5.26 Å². The molecule has 3 atom stereocenters. The summed E-state index contributed by atoms with van der Waals surface area (Å²) in [6.07, 6.45) is 5.15. The fraction of sp³-hybridized carbons (Fsp3) is 0.550. The molecule has 1 aromatic heterocycles. The number of carbonyl (C=O) groups is 1. The van der Waals surface area contributed by atoms with E-state index >= 15 is 0 Å². The van der Waals surface area contributed by atoms with E-state index in [9.17, 15) is 9.18 Å². The number of allylic oxidation sites excluding steroid dienone is 1. The van der Waals surface area contributed by atoms with Crippen molar-refractivity contribution in [2.45, 2.75) is 57.0 Å². The Morgan fingerprint density at radius 1 is 1.54 bits per heavy atom. The highest BCUT2D eigenvalue weighted by Crippen LogP contribution is 2.26. The second-order valence-electron chi connectivity index (χ2n) is 7.58. The molecule has 0 radical (unpaired) electrons. The molecule has 0 bridgehead atoms. The number of hydroxylamine groups is 1. The lowest BCUT2D eigenvalue weighted by molar-refractivity contribution is -0.130. The van der Waals surface area contributed by atoms with E-state index in [0.717, 1.165) is 30.7 Å². The molecule has 1 aliphatic heterocycles. The number of hydrogen-bond acceptors (Lipinski definition) is 6. The van der Waals surface area contributed by atoms with Gasteiger partial charge in [0, 0.05) is 23.9 Å². The summed E-state index contributed by atoms with van der Waals surface area (Å²) in [5, 5.41) is 12.4. The molecule has 150 valence electrons. The number of likely N-dealkylation sites (tertiary alicyclic amines) is 1. The molecule has 3 unspecified atom stereocenters. The maximum atomic E-state index is 13.5. The zero-order valence-electron chi connectivity index (χ0n) is 16.0. The molecule has 8 heteroatoms. The molecule has 3 rings (SSSR count). The highest BCUT2D eigenvalue weighted by molar-refractivity contribution is 5.79. The summed E-state index contributed by atoms with van der Waals surface area (Å²) in [6.45, 7) is 2.56. The lowest BCUT2D eigenvalue weighted by Gasteiger charge is -2.34. The van der Waals surface area contributed by atoms with Crippen molar-refractivity contribution in [1.82, 2.24) is 20.7 Å². The first-order valence-electron chi connectivity index (χ1n) is 9.54. The van der Waals surface area contributed by atoms with Gasteiger partial charge in [-0.05, 0) is 38.3 Å². The van der Waals surface area contributed by atoms with E-state index in [0.29, 0.717) is 6.61 Å². The van der Waals surface area contributed by atoms with Gasteiger partial charge < -0.3 is 10.2 Å². The van der Waals surface area contributed by atoms with Crippen molar-refractivity contribution in [2.24, 2.45) is 0 Å². The Labute approximate surface area is 164 Å². The lowest BCUT2D eigenvalue weighted by Crippen LogP contribution is -2.50. The average Bonchev–Trinajstić information content (AvgIpc) is 3.10. The van der Waals surface area contributed by atoms with Crippen LogP contribution in [0.5, 0.6) is 0 Å². The van der Waals surface area contributed by atoms with Gasteiger partial charge in [0.05, 0.1) is 24.9 Å². The van der Waals surface area contributed by atoms with Crippen molar-refractivity contribution < 1.29 is 14.0 Å². The van der Waals surface area contributed by atoms with E-state index in [1.54, 1.807) is 6.20 Å². The second kappa shape index (κ2) is 9.13. The second-order valence-corrected chi connectivity index (χ2v) is 7.58. The van der Waals surface area contributed by atoms with Crippen molar-refractivity contribution in [3.05, 3.63) is 41.9 Å². The minimum Gasteiger partial charge on any atom is -0.323 e. The Morgan fingerprint density at radius 2 is 2.39 bits per heavy atom. The maximum absolute atomic E-state index is 13.5. The van der Waals surface area contributed by atoms with Crippen LogP contribution in [-0.2, 0) is 16.2 Å². The first-order chi connectivity index (χ1) is 13.5. The predicted molar refractivity (Wildman–Crippen MR) is 101 cm³/mol. The molecule has 0 spiro atoms. The van der Waals surface area contributed by atoms with E-state index in [1.807, 2.05) is 24.3 Å². The molecule has 1 fully saturated rings. The number of alkyl halides is 1. The third-order valence-electron chi connectivity index (χ3n) is 5.28. The molecular formula is C20H26FN5O2. The smallest absolute Gasteiger partial charge is 0.237 e. The van der Waals surface area contributed by atoms with Crippen LogP contribution >= 0.6 is 0 Å². The van der Waals surface area contributed by atoms with Crippen LogP contribution in [0.25, 0.3) is 0 Å². The highest BCUT2D eigenvalue weighted by atomic mass is 19.1. The van der Waals surface area contributed by atoms with Crippen LogP contribution in [0.4, 0.5) is 4.39 Å². The zero-order chi connectivity index (χ0) is 20.0. The Morgan fingerprint density at radius 3 is 3.07 bits per heavy atom. The van der Waals surface area contributed by atoms with Gasteiger partial charge in [0.25, 0.3) is 0 Å². The number of rotatable bonds is 7. The standard InChI is InChI=1S/C20H26FN5O2/c1-20(24-12-19(27)26-13-15(21)10-18(26)11-22)7-5-16(6-8-20)25-28-14-17-4-2-3-9-23-17/h2-5,9,15,18,24-25H,6-8,10,12-14H2,1H3. The van der Waals surface area contributed by atoms with Crippen LogP contribution in [0.2, 0.25) is 0 Å². The summed E-state index contributed by atoms with van der Waals surface area (Å²) in [4.78, 5) is 23.4. The number of hydrogen-bond donors (Lipinski definition) is 2. The van der Waals surface area contributed by atoms with Gasteiger partial charge in [-0.3, -0.25) is 20.1 Å². The Bertz CT molecular complexity index is 751. The van der Waals surface area contributed by atoms with Gasteiger partial charge in [-0.2, -0.15) is 5.26 Å². The fourth-order valence-corrected chi connectivity index (χ4v) is 3.48. The third-order valence-corrected chi connectivity index (χ3v) is 5.28. The van der Waals surface area contributed by atoms with E-state index in [2.05, 4.69) is 28.8 Å². The summed E-state index contributed by atoms with van der Waals surface area (Å²) in [5.74, 6) is -0.223. The number of aromatic nitrogens is 1. The minimum absolute atomic E-state index is 0.0109. The number of nitriles is 1. The molecule has 0 saturated carbocycles. The zero-order valence-corrected chi connectivity index (χ0v) is 16.0. The molecule has 2 aliphatic rings. The summed E-state index contributed by atoms with van der Waals surface area (Å²) < 4.78 is 13.5. The molecule has 1 aromatic rings. The molecule has 2 N–H and O–H groups in total. The number of halogens is 1. The van der Waals surface area contributed by atoms with Crippen LogP contribution < -0.4 is 10.8 Å². The third kappa shape index (κ3) is 5.27. The van der Waals surface area contributed by atoms with E-state index < -0.39 is 12.2 Å². The number of carbonyl (C=O) groups excluding carboxylic acids is 1. The molecular weight excluding hydrogens is 361 g/mol. The van der Waals surface area contributed by atoms with Gasteiger partial charge in [0.2, 0.25) is 5.91 Å². The van der Waals surface area contributed by atoms with Crippen molar-refractivity contribution in [3.8, 4) is 6.07 Å². The summed E-state index contributed by atoms with van der Waals surface area (Å²) in [5.41, 5.74) is 4.61. The largest absolute Gasteiger partial charge is 0.323 e. The summed E-state index contributed by atoms with van der Waals surface area (Å²) in [7, 11) is 0. The van der Waals surface area contributed by atoms with Crippen LogP contribution in [0.3, 0.4) is 0 Å². The Kier molecular flexibility index (Phi) is 6.60. The van der Waals surface area contributed by atoms with Gasteiger partial charge in [-0.1, -0.05) is 12.1 Å². The lowest BCUT2D eigenvalue weighted by atomic mass is 9.86. The average molecular weight is 387 g/mol. The molecule has 1 saturated heterocycles. The van der Waals surface area contributed by atoms with Crippen molar-refractivity contribution in [3.63, 3.8) is 0 Å². The van der Waals surface area contributed by atoms with Crippen LogP contribution in [0.15, 0.2) is 36.2 Å². The van der Waals surface area contributed by atoms with E-state index in [4.69, 9.17) is 10.1 Å². The quantitative estimate of drug-likeness (QED) is 0.696. The number of amides is 1. The van der Waals surface area contributed by atoms with E-state index in [-0.39, 0.29) is 31.0 Å². The molecule has 1 amide bonds. The van der Waals surface area contributed by atoms with Crippen LogP contribution in [-0.4, -0.2) is 46.6 Å². The minimum atomic E-state index is -1.11. The molecule has 28 heavy (non-hydrogen) atoms. The van der Waals surface area contributed by atoms with Gasteiger partial charge in [0.15, 0.2) is 0 Å². The van der Waals surface area contributed by atoms with Crippen molar-refractivity contribution in [2.75, 3.05) is 13.1 Å². The van der Waals surface area contributed by atoms with Gasteiger partial charge in [-0.25, -0.2) is 4.39 Å². The SMILES string of the molecule is CC1(NCC(=O)N2CC(F)CC2C#N)CC=C(NOCc2ccccn2)CC1. The first-order valence-corrected chi connectivity index (χ1v) is 9.54. The maximum Gasteiger partial charge on any atom is 0.237 e. The number of nitrogens with zero attached hydrogens (tertiary/aromatic N) is 3. The summed E-state index contributed by atoms with van der Waals surface area (Å²) >= 11 is 0. The van der Waals surface area contributed by atoms with Crippen LogP contribution in [0, 0.1) is 11.3 Å². The van der Waals surface area contributed by atoms with E-state index in [1.165, 1.54) is 4.90 Å². The monoisotopic (exact) mass is 387 g/mol. The Hall–Kier alpha value is -2.50. The molecule has 2 heterocycles. The highest BCUT2D eigenvalue weighted by Gasteiger charge is 2.36. The number of pyridine rings is 1. The summed E-state index contributed by atoms with van der Waals surface area (Å²) in [6, 6.07) is 7.03. The van der Waals surface area contributed by atoms with Gasteiger partial charge in [-0.15, -0.1) is 0 Å². The first kappa shape index (κ1) is 20.2. The van der Waals surface area contributed by atoms with Crippen molar-refractivity contribution >= 4 is 5.91 Å². The Balaban J connectivity index is 1.42. The van der Waals surface area contributed by atoms with Gasteiger partial charge in [0.1, 0.15) is 18.8 Å². The predicted octanol–water partition coefficient (Wildman–Crippen LogP) is 1.98. The number of nitrogens with one attached hydrogen (secondary N) is 2. The fourth-order valence-electron chi connectivity index (χ4n) is 3.48. The molecule has 7 nitrogen and oxygen atoms in total.